The molecular weight excluding hydrogens is 250 g/mol. The van der Waals surface area contributed by atoms with Crippen LogP contribution in [0.5, 0.6) is 0 Å². The molecule has 1 unspecified atom stereocenters. The first-order chi connectivity index (χ1) is 7.31. The van der Waals surface area contributed by atoms with E-state index in [1.807, 2.05) is 0 Å². The zero-order valence-corrected chi connectivity index (χ0v) is 10.8. The minimum absolute atomic E-state index is 0.835. The summed E-state index contributed by atoms with van der Waals surface area (Å²) >= 11 is 3.56. The molecule has 0 saturated carbocycles. The van der Waals surface area contributed by atoms with Crippen LogP contribution in [0, 0.1) is 5.92 Å². The summed E-state index contributed by atoms with van der Waals surface area (Å²) in [5.41, 5.74) is 2.83. The quantitative estimate of drug-likeness (QED) is 0.737. The predicted molar refractivity (Wildman–Crippen MR) is 69.7 cm³/mol. The molecule has 1 aromatic carbocycles. The van der Waals surface area contributed by atoms with Crippen LogP contribution in [0.4, 0.5) is 5.69 Å². The number of rotatable bonds is 2. The van der Waals surface area contributed by atoms with Crippen LogP contribution in [-0.2, 0) is 5.33 Å². The van der Waals surface area contributed by atoms with E-state index in [0.29, 0.717) is 0 Å². The van der Waals surface area contributed by atoms with Gasteiger partial charge in [0, 0.05) is 24.1 Å². The number of anilines is 1. The second-order valence-electron chi connectivity index (χ2n) is 4.46. The van der Waals surface area contributed by atoms with Gasteiger partial charge in [0.1, 0.15) is 0 Å². The van der Waals surface area contributed by atoms with E-state index in [1.54, 1.807) is 0 Å². The molecule has 0 bridgehead atoms. The highest BCUT2D eigenvalue weighted by Crippen LogP contribution is 2.27. The number of para-hydroxylation sites is 1. The van der Waals surface area contributed by atoms with Crippen LogP contribution in [0.1, 0.15) is 25.3 Å². The molecule has 0 N–H and O–H groups in total. The Morgan fingerprint density at radius 2 is 2.20 bits per heavy atom. The van der Waals surface area contributed by atoms with Crippen LogP contribution in [0.3, 0.4) is 0 Å². The van der Waals surface area contributed by atoms with E-state index in [1.165, 1.54) is 37.2 Å². The molecule has 2 rings (SSSR count). The van der Waals surface area contributed by atoms with Crippen molar-refractivity contribution in [2.75, 3.05) is 18.0 Å². The Morgan fingerprint density at radius 3 is 2.93 bits per heavy atom. The first-order valence-corrected chi connectivity index (χ1v) is 6.82. The lowest BCUT2D eigenvalue weighted by molar-refractivity contribution is 0.446. The Balaban J connectivity index is 2.20. The first-order valence-electron chi connectivity index (χ1n) is 5.70. The molecule has 1 heterocycles. The summed E-state index contributed by atoms with van der Waals surface area (Å²) in [4.78, 5) is 2.53. The summed E-state index contributed by atoms with van der Waals surface area (Å²) in [5, 5.41) is 0.952. The van der Waals surface area contributed by atoms with Crippen LogP contribution in [0.25, 0.3) is 0 Å². The van der Waals surface area contributed by atoms with Crippen molar-refractivity contribution >= 4 is 21.6 Å². The van der Waals surface area contributed by atoms with Gasteiger partial charge in [-0.3, -0.25) is 0 Å². The topological polar surface area (TPSA) is 3.24 Å². The Morgan fingerprint density at radius 1 is 1.40 bits per heavy atom. The molecule has 1 aliphatic heterocycles. The van der Waals surface area contributed by atoms with Crippen LogP contribution in [-0.4, -0.2) is 13.1 Å². The minimum Gasteiger partial charge on any atom is -0.371 e. The molecule has 1 nitrogen and oxygen atoms in total. The number of hydrogen-bond donors (Lipinski definition) is 0. The fourth-order valence-corrected chi connectivity index (χ4v) is 2.81. The highest BCUT2D eigenvalue weighted by atomic mass is 79.9. The molecular formula is C13H18BrN. The van der Waals surface area contributed by atoms with Gasteiger partial charge in [-0.15, -0.1) is 0 Å². The second kappa shape index (κ2) is 5.02. The van der Waals surface area contributed by atoms with Gasteiger partial charge in [0.15, 0.2) is 0 Å². The Kier molecular flexibility index (Phi) is 3.68. The van der Waals surface area contributed by atoms with Gasteiger partial charge in [-0.25, -0.2) is 0 Å². The van der Waals surface area contributed by atoms with Crippen LogP contribution < -0.4 is 4.90 Å². The average molecular weight is 268 g/mol. The fourth-order valence-electron chi connectivity index (χ4n) is 2.34. The number of alkyl halides is 1. The van der Waals surface area contributed by atoms with Crippen LogP contribution in [0.2, 0.25) is 0 Å². The Hall–Kier alpha value is -0.500. The summed E-state index contributed by atoms with van der Waals surface area (Å²) in [6.45, 7) is 4.78. The Labute approximate surface area is 101 Å². The van der Waals surface area contributed by atoms with Crippen molar-refractivity contribution < 1.29 is 0 Å². The van der Waals surface area contributed by atoms with Gasteiger partial charge in [0.05, 0.1) is 0 Å². The normalized spacial score (nSPS) is 21.7. The highest BCUT2D eigenvalue weighted by molar-refractivity contribution is 9.08. The number of halogens is 1. The highest BCUT2D eigenvalue weighted by Gasteiger charge is 2.17. The second-order valence-corrected chi connectivity index (χ2v) is 5.02. The molecule has 0 aliphatic carbocycles. The molecule has 0 radical (unpaired) electrons. The van der Waals surface area contributed by atoms with Crippen LogP contribution in [0.15, 0.2) is 24.3 Å². The van der Waals surface area contributed by atoms with Gasteiger partial charge in [-0.1, -0.05) is 41.1 Å². The lowest BCUT2D eigenvalue weighted by Crippen LogP contribution is -2.34. The average Bonchev–Trinajstić information content (AvgIpc) is 2.29. The molecule has 2 heteroatoms. The Bertz CT molecular complexity index is 324. The van der Waals surface area contributed by atoms with Crippen molar-refractivity contribution in [3.05, 3.63) is 29.8 Å². The third-order valence-corrected chi connectivity index (χ3v) is 3.74. The van der Waals surface area contributed by atoms with Gasteiger partial charge in [0.2, 0.25) is 0 Å². The molecule has 1 saturated heterocycles. The van der Waals surface area contributed by atoms with Gasteiger partial charge >= 0.3 is 0 Å². The number of hydrogen-bond acceptors (Lipinski definition) is 1. The van der Waals surface area contributed by atoms with Crippen molar-refractivity contribution in [2.45, 2.75) is 25.1 Å². The summed E-state index contributed by atoms with van der Waals surface area (Å²) < 4.78 is 0. The summed E-state index contributed by atoms with van der Waals surface area (Å²) in [7, 11) is 0. The van der Waals surface area contributed by atoms with Crippen molar-refractivity contribution in [1.29, 1.82) is 0 Å². The fraction of sp³-hybridized carbons (Fsp3) is 0.538. The summed E-state index contributed by atoms with van der Waals surface area (Å²) in [5.74, 6) is 0.835. The largest absolute Gasteiger partial charge is 0.371 e. The van der Waals surface area contributed by atoms with E-state index < -0.39 is 0 Å². The minimum atomic E-state index is 0.835. The SMILES string of the molecule is CC1CCCN(c2ccccc2CBr)C1. The molecule has 1 fully saturated rings. The first kappa shape index (κ1) is 11.0. The van der Waals surface area contributed by atoms with E-state index in [-0.39, 0.29) is 0 Å². The number of benzene rings is 1. The molecule has 1 aliphatic rings. The molecule has 0 aromatic heterocycles. The van der Waals surface area contributed by atoms with Gasteiger partial charge < -0.3 is 4.90 Å². The molecule has 0 spiro atoms. The van der Waals surface area contributed by atoms with Crippen molar-refractivity contribution in [2.24, 2.45) is 5.92 Å². The standard InChI is InChI=1S/C13H18BrN/c1-11-5-4-8-15(10-11)13-7-3-2-6-12(13)9-14/h2-3,6-7,11H,4-5,8-10H2,1H3. The monoisotopic (exact) mass is 267 g/mol. The lowest BCUT2D eigenvalue weighted by atomic mass is 9.99. The smallest absolute Gasteiger partial charge is 0.0407 e. The number of nitrogens with zero attached hydrogens (tertiary/aromatic N) is 1. The van der Waals surface area contributed by atoms with Crippen molar-refractivity contribution in [1.82, 2.24) is 0 Å². The summed E-state index contributed by atoms with van der Waals surface area (Å²) in [6, 6.07) is 8.71. The molecule has 1 aromatic rings. The molecule has 82 valence electrons. The van der Waals surface area contributed by atoms with Crippen molar-refractivity contribution in [3.8, 4) is 0 Å². The third kappa shape index (κ3) is 2.54. The van der Waals surface area contributed by atoms with E-state index in [2.05, 4.69) is 52.0 Å². The van der Waals surface area contributed by atoms with Gasteiger partial charge in [-0.05, 0) is 30.4 Å². The van der Waals surface area contributed by atoms with E-state index in [9.17, 15) is 0 Å². The third-order valence-electron chi connectivity index (χ3n) is 3.13. The summed E-state index contributed by atoms with van der Waals surface area (Å²) in [6.07, 6.45) is 2.71. The zero-order chi connectivity index (χ0) is 10.7. The maximum absolute atomic E-state index is 3.56. The maximum atomic E-state index is 3.56. The van der Waals surface area contributed by atoms with Crippen LogP contribution >= 0.6 is 15.9 Å². The molecule has 15 heavy (non-hydrogen) atoms. The predicted octanol–water partition coefficient (Wildman–Crippen LogP) is 3.82. The molecule has 1 atom stereocenters. The van der Waals surface area contributed by atoms with Gasteiger partial charge in [0.25, 0.3) is 0 Å². The zero-order valence-electron chi connectivity index (χ0n) is 9.25. The van der Waals surface area contributed by atoms with Crippen molar-refractivity contribution in [3.63, 3.8) is 0 Å². The van der Waals surface area contributed by atoms with E-state index >= 15 is 0 Å². The number of piperidine rings is 1. The van der Waals surface area contributed by atoms with E-state index in [0.717, 1.165) is 11.2 Å². The van der Waals surface area contributed by atoms with E-state index in [4.69, 9.17) is 0 Å². The molecule has 0 amide bonds. The lowest BCUT2D eigenvalue weighted by Gasteiger charge is -2.34. The van der Waals surface area contributed by atoms with Gasteiger partial charge in [-0.2, -0.15) is 0 Å². The maximum Gasteiger partial charge on any atom is 0.0407 e.